The van der Waals surface area contributed by atoms with Crippen LogP contribution in [0.4, 0.5) is 5.69 Å². The number of ketones is 1. The lowest BCUT2D eigenvalue weighted by Gasteiger charge is -2.14. The molecule has 0 aliphatic rings. The van der Waals surface area contributed by atoms with Crippen LogP contribution >= 0.6 is 11.3 Å². The minimum absolute atomic E-state index is 0.00142. The molecule has 2 aromatic heterocycles. The van der Waals surface area contributed by atoms with Gasteiger partial charge in [0.15, 0.2) is 23.9 Å². The third kappa shape index (κ3) is 4.64. The van der Waals surface area contributed by atoms with E-state index in [1.54, 1.807) is 23.6 Å². The highest BCUT2D eigenvalue weighted by atomic mass is 32.1. The van der Waals surface area contributed by atoms with Crippen LogP contribution in [0.1, 0.15) is 30.6 Å². The Labute approximate surface area is 170 Å². The standard InChI is InChI=1S/C20H17NO7S/c1-25-16-9-12(20(24)28-11-14(22)18-6-4-8-29-18)13(10-17(16)26-2)21-19(23)15-5-3-7-27-15/h3-10H,11H2,1-2H3,(H,21,23). The molecule has 0 aliphatic carbocycles. The van der Waals surface area contributed by atoms with Crippen molar-refractivity contribution in [2.24, 2.45) is 0 Å². The van der Waals surface area contributed by atoms with Gasteiger partial charge in [0.1, 0.15) is 0 Å². The van der Waals surface area contributed by atoms with Crippen LogP contribution in [0.2, 0.25) is 0 Å². The predicted octanol–water partition coefficient (Wildman–Crippen LogP) is 3.65. The summed E-state index contributed by atoms with van der Waals surface area (Å²) in [5.74, 6) is -1.06. The van der Waals surface area contributed by atoms with Gasteiger partial charge in [-0.05, 0) is 23.6 Å². The van der Waals surface area contributed by atoms with Gasteiger partial charge in [0.2, 0.25) is 5.78 Å². The topological polar surface area (TPSA) is 104 Å². The third-order valence-electron chi connectivity index (χ3n) is 3.87. The van der Waals surface area contributed by atoms with Gasteiger partial charge in [-0.2, -0.15) is 0 Å². The second kappa shape index (κ2) is 9.07. The highest BCUT2D eigenvalue weighted by molar-refractivity contribution is 7.12. The van der Waals surface area contributed by atoms with Crippen molar-refractivity contribution in [2.45, 2.75) is 0 Å². The van der Waals surface area contributed by atoms with Crippen molar-refractivity contribution in [2.75, 3.05) is 26.1 Å². The lowest BCUT2D eigenvalue weighted by molar-refractivity contribution is 0.0476. The van der Waals surface area contributed by atoms with Gasteiger partial charge in [0, 0.05) is 12.1 Å². The van der Waals surface area contributed by atoms with E-state index in [-0.39, 0.29) is 28.5 Å². The molecule has 0 saturated heterocycles. The molecule has 1 amide bonds. The summed E-state index contributed by atoms with van der Waals surface area (Å²) in [6, 6.07) is 9.22. The number of thiophene rings is 1. The van der Waals surface area contributed by atoms with E-state index in [0.717, 1.165) is 0 Å². The van der Waals surface area contributed by atoms with Gasteiger partial charge in [-0.25, -0.2) is 4.79 Å². The van der Waals surface area contributed by atoms with Crippen LogP contribution in [0.3, 0.4) is 0 Å². The Morgan fingerprint density at radius 1 is 1.07 bits per heavy atom. The molecule has 3 aromatic rings. The molecule has 0 bridgehead atoms. The van der Waals surface area contributed by atoms with Gasteiger partial charge in [0.25, 0.3) is 5.91 Å². The van der Waals surface area contributed by atoms with Crippen molar-refractivity contribution in [3.05, 3.63) is 64.2 Å². The van der Waals surface area contributed by atoms with Gasteiger partial charge < -0.3 is 23.9 Å². The molecule has 0 unspecified atom stereocenters. The largest absolute Gasteiger partial charge is 0.493 e. The number of benzene rings is 1. The zero-order chi connectivity index (χ0) is 20.8. The van der Waals surface area contributed by atoms with Gasteiger partial charge in [0.05, 0.1) is 36.6 Å². The molecule has 2 heterocycles. The van der Waals surface area contributed by atoms with Crippen LogP contribution in [0, 0.1) is 0 Å². The van der Waals surface area contributed by atoms with Crippen LogP contribution in [0.25, 0.3) is 0 Å². The number of carbonyl (C=O) groups excluding carboxylic acids is 3. The first-order chi connectivity index (χ1) is 14.0. The number of anilines is 1. The fraction of sp³-hybridized carbons (Fsp3) is 0.150. The van der Waals surface area contributed by atoms with E-state index in [1.807, 2.05) is 0 Å². The number of hydrogen-bond acceptors (Lipinski definition) is 8. The van der Waals surface area contributed by atoms with E-state index < -0.39 is 18.5 Å². The molecular weight excluding hydrogens is 398 g/mol. The molecule has 0 spiro atoms. The van der Waals surface area contributed by atoms with E-state index in [9.17, 15) is 14.4 Å². The van der Waals surface area contributed by atoms with Crippen molar-refractivity contribution < 1.29 is 33.0 Å². The van der Waals surface area contributed by atoms with E-state index in [2.05, 4.69) is 5.32 Å². The number of carbonyl (C=O) groups is 3. The number of Topliss-reactive ketones (excluding diaryl/α,β-unsaturated/α-hetero) is 1. The maximum absolute atomic E-state index is 12.6. The Morgan fingerprint density at radius 2 is 1.83 bits per heavy atom. The minimum atomic E-state index is -0.800. The van der Waals surface area contributed by atoms with Crippen molar-refractivity contribution in [1.82, 2.24) is 0 Å². The summed E-state index contributed by atoms with van der Waals surface area (Å²) in [4.78, 5) is 37.5. The number of methoxy groups -OCH3 is 2. The van der Waals surface area contributed by atoms with Crippen LogP contribution in [-0.4, -0.2) is 38.5 Å². The average molecular weight is 415 g/mol. The Morgan fingerprint density at radius 3 is 2.45 bits per heavy atom. The van der Waals surface area contributed by atoms with Crippen molar-refractivity contribution >= 4 is 34.7 Å². The Balaban J connectivity index is 1.85. The molecule has 8 nitrogen and oxygen atoms in total. The molecule has 0 fully saturated rings. The van der Waals surface area contributed by atoms with Crippen LogP contribution in [0.15, 0.2) is 52.5 Å². The summed E-state index contributed by atoms with van der Waals surface area (Å²) in [5.41, 5.74) is 0.124. The van der Waals surface area contributed by atoms with Crippen LogP contribution in [-0.2, 0) is 4.74 Å². The lowest BCUT2D eigenvalue weighted by Crippen LogP contribution is -2.18. The maximum Gasteiger partial charge on any atom is 0.340 e. The van der Waals surface area contributed by atoms with Crippen molar-refractivity contribution in [3.63, 3.8) is 0 Å². The summed E-state index contributed by atoms with van der Waals surface area (Å²) in [7, 11) is 2.84. The Bertz CT molecular complexity index is 1010. The SMILES string of the molecule is COc1cc(NC(=O)c2ccco2)c(C(=O)OCC(=O)c2cccs2)cc1OC. The van der Waals surface area contributed by atoms with Crippen molar-refractivity contribution in [3.8, 4) is 11.5 Å². The molecule has 1 aromatic carbocycles. The molecule has 0 saturated carbocycles. The predicted molar refractivity (Wildman–Crippen MR) is 105 cm³/mol. The first-order valence-corrected chi connectivity index (χ1v) is 9.26. The minimum Gasteiger partial charge on any atom is -0.493 e. The van der Waals surface area contributed by atoms with E-state index in [4.69, 9.17) is 18.6 Å². The first kappa shape index (κ1) is 20.2. The molecule has 0 atom stereocenters. The molecule has 3 rings (SSSR count). The highest BCUT2D eigenvalue weighted by Crippen LogP contribution is 2.34. The normalized spacial score (nSPS) is 10.3. The highest BCUT2D eigenvalue weighted by Gasteiger charge is 2.22. The zero-order valence-corrected chi connectivity index (χ0v) is 16.4. The summed E-state index contributed by atoms with van der Waals surface area (Å²) in [5, 5.41) is 4.34. The molecule has 29 heavy (non-hydrogen) atoms. The number of nitrogens with one attached hydrogen (secondary N) is 1. The second-order valence-corrected chi connectivity index (χ2v) is 6.61. The smallest absolute Gasteiger partial charge is 0.340 e. The van der Waals surface area contributed by atoms with Gasteiger partial charge in [-0.3, -0.25) is 9.59 Å². The summed E-state index contributed by atoms with van der Waals surface area (Å²) >= 11 is 1.25. The number of amides is 1. The number of ether oxygens (including phenoxy) is 3. The molecular formula is C20H17NO7S. The number of rotatable bonds is 8. The molecule has 9 heteroatoms. The molecule has 0 radical (unpaired) electrons. The lowest BCUT2D eigenvalue weighted by atomic mass is 10.1. The fourth-order valence-electron chi connectivity index (χ4n) is 2.46. The first-order valence-electron chi connectivity index (χ1n) is 8.38. The number of hydrogen-bond donors (Lipinski definition) is 1. The van der Waals surface area contributed by atoms with E-state index in [1.165, 1.54) is 50.0 Å². The Kier molecular flexibility index (Phi) is 6.30. The number of esters is 1. The van der Waals surface area contributed by atoms with Gasteiger partial charge in [-0.1, -0.05) is 6.07 Å². The zero-order valence-electron chi connectivity index (χ0n) is 15.6. The summed E-state index contributed by atoms with van der Waals surface area (Å²) in [6.07, 6.45) is 1.36. The van der Waals surface area contributed by atoms with Gasteiger partial charge >= 0.3 is 5.97 Å². The molecule has 0 aliphatic heterocycles. The monoisotopic (exact) mass is 415 g/mol. The maximum atomic E-state index is 12.6. The van der Waals surface area contributed by atoms with Gasteiger partial charge in [-0.15, -0.1) is 11.3 Å². The van der Waals surface area contributed by atoms with Crippen LogP contribution < -0.4 is 14.8 Å². The van der Waals surface area contributed by atoms with Crippen LogP contribution in [0.5, 0.6) is 11.5 Å². The number of furan rings is 1. The molecule has 150 valence electrons. The summed E-state index contributed by atoms with van der Waals surface area (Å²) in [6.45, 7) is -0.431. The summed E-state index contributed by atoms with van der Waals surface area (Å²) < 4.78 is 20.6. The Hall–Kier alpha value is -3.59. The van der Waals surface area contributed by atoms with E-state index >= 15 is 0 Å². The quantitative estimate of drug-likeness (QED) is 0.442. The average Bonchev–Trinajstić information content (AvgIpc) is 3.45. The second-order valence-electron chi connectivity index (χ2n) is 5.66. The fourth-order valence-corrected chi connectivity index (χ4v) is 3.11. The third-order valence-corrected chi connectivity index (χ3v) is 4.78. The molecule has 1 N–H and O–H groups in total. The van der Waals surface area contributed by atoms with E-state index in [0.29, 0.717) is 10.6 Å². The van der Waals surface area contributed by atoms with Crippen molar-refractivity contribution in [1.29, 1.82) is 0 Å².